The molecule has 0 aliphatic heterocycles. The molecular weight excluding hydrogens is 484 g/mol. The fraction of sp³-hybridized carbons (Fsp3) is 0.971. The van der Waals surface area contributed by atoms with E-state index in [0.717, 1.165) is 31.8 Å². The minimum absolute atomic E-state index is 0.0832. The molecule has 0 radical (unpaired) electrons. The van der Waals surface area contributed by atoms with Crippen molar-refractivity contribution in [3.05, 3.63) is 0 Å². The molecule has 0 aliphatic carbocycles. The number of hydrogen-bond acceptors (Lipinski definition) is 4. The van der Waals surface area contributed by atoms with Gasteiger partial charge in [0.05, 0.1) is 19.8 Å². The predicted octanol–water partition coefficient (Wildman–Crippen LogP) is 11.0. The number of carbonyl (C=O) groups is 1. The van der Waals surface area contributed by atoms with Crippen LogP contribution in [0.5, 0.6) is 0 Å². The molecule has 0 aliphatic rings. The lowest BCUT2D eigenvalue weighted by molar-refractivity contribution is -0.144. The summed E-state index contributed by atoms with van der Waals surface area (Å²) in [5.74, 6) is 0.783. The first-order chi connectivity index (χ1) is 19.2. The molecule has 0 fully saturated rings. The van der Waals surface area contributed by atoms with Gasteiger partial charge in [-0.15, -0.1) is 0 Å². The van der Waals surface area contributed by atoms with Crippen LogP contribution in [-0.4, -0.2) is 39.0 Å². The topological polar surface area (TPSA) is 44.8 Å². The van der Waals surface area contributed by atoms with Crippen LogP contribution in [0.1, 0.15) is 181 Å². The molecule has 0 bridgehead atoms. The van der Waals surface area contributed by atoms with Gasteiger partial charge in [-0.3, -0.25) is 4.79 Å². The van der Waals surface area contributed by atoms with E-state index in [1.54, 1.807) is 0 Å². The van der Waals surface area contributed by atoms with Crippen LogP contribution in [0.3, 0.4) is 0 Å². The molecule has 39 heavy (non-hydrogen) atoms. The van der Waals surface area contributed by atoms with Gasteiger partial charge in [0, 0.05) is 19.6 Å². The molecule has 0 saturated carbocycles. The highest BCUT2D eigenvalue weighted by Crippen LogP contribution is 2.14. The molecule has 0 atom stereocenters. The third-order valence-corrected chi connectivity index (χ3v) is 7.62. The summed E-state index contributed by atoms with van der Waals surface area (Å²) in [5, 5.41) is 0. The largest absolute Gasteiger partial charge is 0.466 e. The van der Waals surface area contributed by atoms with E-state index in [-0.39, 0.29) is 5.97 Å². The van der Waals surface area contributed by atoms with Gasteiger partial charge in [0.25, 0.3) is 0 Å². The summed E-state index contributed by atoms with van der Waals surface area (Å²) in [6.45, 7) is 10.2. The lowest BCUT2D eigenvalue weighted by atomic mass is 10.0. The van der Waals surface area contributed by atoms with Crippen LogP contribution in [-0.2, 0) is 19.0 Å². The molecular formula is C35H70O4. The third kappa shape index (κ3) is 35.4. The van der Waals surface area contributed by atoms with E-state index < -0.39 is 0 Å². The van der Waals surface area contributed by atoms with Gasteiger partial charge in [-0.25, -0.2) is 0 Å². The SMILES string of the molecule is CCCCCCCCCCCOCCOCCCC(=O)OCCCCCCCCCCCCCCCC(C)C. The summed E-state index contributed by atoms with van der Waals surface area (Å²) in [4.78, 5) is 11.8. The number of esters is 1. The van der Waals surface area contributed by atoms with Crippen molar-refractivity contribution in [2.75, 3.05) is 33.0 Å². The molecule has 0 aromatic carbocycles. The van der Waals surface area contributed by atoms with E-state index in [1.807, 2.05) is 0 Å². The summed E-state index contributed by atoms with van der Waals surface area (Å²) in [5.41, 5.74) is 0. The molecule has 0 aromatic heterocycles. The zero-order valence-electron chi connectivity index (χ0n) is 26.9. The lowest BCUT2D eigenvalue weighted by Gasteiger charge is -2.07. The summed E-state index contributed by atoms with van der Waals surface area (Å²) in [6.07, 6.45) is 32.1. The fourth-order valence-corrected chi connectivity index (χ4v) is 5.01. The summed E-state index contributed by atoms with van der Waals surface area (Å²) < 4.78 is 16.6. The Morgan fingerprint density at radius 2 is 0.846 bits per heavy atom. The van der Waals surface area contributed by atoms with Gasteiger partial charge in [-0.2, -0.15) is 0 Å². The summed E-state index contributed by atoms with van der Waals surface area (Å²) in [7, 11) is 0. The molecule has 0 N–H and O–H groups in total. The molecule has 0 rings (SSSR count). The Kier molecular flexibility index (Phi) is 33.1. The summed E-state index contributed by atoms with van der Waals surface area (Å²) in [6, 6.07) is 0. The van der Waals surface area contributed by atoms with Gasteiger partial charge in [0.15, 0.2) is 0 Å². The van der Waals surface area contributed by atoms with Crippen molar-refractivity contribution in [3.8, 4) is 0 Å². The van der Waals surface area contributed by atoms with Crippen molar-refractivity contribution < 1.29 is 19.0 Å². The van der Waals surface area contributed by atoms with Crippen LogP contribution in [0, 0.1) is 5.92 Å². The average molecular weight is 555 g/mol. The van der Waals surface area contributed by atoms with E-state index in [0.29, 0.717) is 32.8 Å². The standard InChI is InChI=1S/C35H70O4/c1-4-5-6-7-8-15-18-21-24-29-37-32-33-38-30-26-28-35(36)39-31-25-22-19-16-13-11-9-10-12-14-17-20-23-27-34(2)3/h34H,4-33H2,1-3H3. The van der Waals surface area contributed by atoms with E-state index >= 15 is 0 Å². The maximum atomic E-state index is 11.8. The predicted molar refractivity (Wildman–Crippen MR) is 169 cm³/mol. The molecule has 0 aromatic rings. The van der Waals surface area contributed by atoms with Crippen LogP contribution in [0.4, 0.5) is 0 Å². The molecule has 4 nitrogen and oxygen atoms in total. The fourth-order valence-electron chi connectivity index (χ4n) is 5.01. The van der Waals surface area contributed by atoms with Gasteiger partial charge in [-0.05, 0) is 25.2 Å². The number of unbranched alkanes of at least 4 members (excludes halogenated alkanes) is 20. The van der Waals surface area contributed by atoms with Crippen LogP contribution in [0.25, 0.3) is 0 Å². The van der Waals surface area contributed by atoms with Crippen molar-refractivity contribution in [2.45, 2.75) is 181 Å². The molecule has 0 amide bonds. The van der Waals surface area contributed by atoms with Crippen LogP contribution in [0.2, 0.25) is 0 Å². The Labute approximate surface area is 245 Å². The first-order valence-corrected chi connectivity index (χ1v) is 17.5. The highest BCUT2D eigenvalue weighted by molar-refractivity contribution is 5.69. The van der Waals surface area contributed by atoms with E-state index in [4.69, 9.17) is 14.2 Å². The molecule has 0 spiro atoms. The quantitative estimate of drug-likeness (QED) is 0.0597. The van der Waals surface area contributed by atoms with Crippen LogP contribution >= 0.6 is 0 Å². The van der Waals surface area contributed by atoms with Crippen LogP contribution < -0.4 is 0 Å². The molecule has 0 unspecified atom stereocenters. The highest BCUT2D eigenvalue weighted by Gasteiger charge is 2.03. The Balaban J connectivity index is 3.15. The zero-order valence-corrected chi connectivity index (χ0v) is 26.9. The molecule has 0 heterocycles. The Morgan fingerprint density at radius 1 is 0.462 bits per heavy atom. The minimum atomic E-state index is -0.0832. The second-order valence-electron chi connectivity index (χ2n) is 12.2. The van der Waals surface area contributed by atoms with Gasteiger partial charge < -0.3 is 14.2 Å². The van der Waals surface area contributed by atoms with Gasteiger partial charge >= 0.3 is 5.97 Å². The number of hydrogen-bond donors (Lipinski definition) is 0. The van der Waals surface area contributed by atoms with Crippen molar-refractivity contribution in [3.63, 3.8) is 0 Å². The maximum Gasteiger partial charge on any atom is 0.305 e. The Bertz CT molecular complexity index is 466. The monoisotopic (exact) mass is 555 g/mol. The van der Waals surface area contributed by atoms with E-state index in [2.05, 4.69) is 20.8 Å². The van der Waals surface area contributed by atoms with E-state index in [9.17, 15) is 4.79 Å². The Hall–Kier alpha value is -0.610. The van der Waals surface area contributed by atoms with Gasteiger partial charge in [0.1, 0.15) is 0 Å². The second-order valence-corrected chi connectivity index (χ2v) is 12.2. The maximum absolute atomic E-state index is 11.8. The molecule has 0 saturated heterocycles. The van der Waals surface area contributed by atoms with Crippen molar-refractivity contribution >= 4 is 5.97 Å². The summed E-state index contributed by atoms with van der Waals surface area (Å²) >= 11 is 0. The first-order valence-electron chi connectivity index (χ1n) is 17.5. The van der Waals surface area contributed by atoms with Crippen molar-refractivity contribution in [1.29, 1.82) is 0 Å². The average Bonchev–Trinajstić information content (AvgIpc) is 2.92. The van der Waals surface area contributed by atoms with Crippen molar-refractivity contribution in [2.24, 2.45) is 5.92 Å². The Morgan fingerprint density at radius 3 is 1.31 bits per heavy atom. The molecule has 234 valence electrons. The minimum Gasteiger partial charge on any atom is -0.466 e. The van der Waals surface area contributed by atoms with Crippen molar-refractivity contribution in [1.82, 2.24) is 0 Å². The number of rotatable bonds is 33. The van der Waals surface area contributed by atoms with E-state index in [1.165, 1.54) is 135 Å². The van der Waals surface area contributed by atoms with Gasteiger partial charge in [0.2, 0.25) is 0 Å². The second kappa shape index (κ2) is 33.6. The zero-order chi connectivity index (χ0) is 28.5. The third-order valence-electron chi connectivity index (χ3n) is 7.62. The highest BCUT2D eigenvalue weighted by atomic mass is 16.5. The smallest absolute Gasteiger partial charge is 0.305 e. The van der Waals surface area contributed by atoms with Gasteiger partial charge in [-0.1, -0.05) is 156 Å². The van der Waals surface area contributed by atoms with Crippen LogP contribution in [0.15, 0.2) is 0 Å². The first kappa shape index (κ1) is 38.4. The number of carbonyl (C=O) groups excluding carboxylic acids is 1. The number of ether oxygens (including phenoxy) is 3. The lowest BCUT2D eigenvalue weighted by Crippen LogP contribution is -2.09. The molecule has 4 heteroatoms. The normalized spacial score (nSPS) is 11.5.